The Morgan fingerprint density at radius 3 is 2.94 bits per heavy atom. The molecule has 0 saturated carbocycles. The summed E-state index contributed by atoms with van der Waals surface area (Å²) in [4.78, 5) is 0. The number of halogens is 1. The third kappa shape index (κ3) is 1.40. The van der Waals surface area contributed by atoms with Crippen molar-refractivity contribution in [2.24, 2.45) is 0 Å². The number of hydrogen-bond acceptors (Lipinski definition) is 2. The van der Waals surface area contributed by atoms with E-state index in [1.165, 1.54) is 27.5 Å². The molecule has 0 radical (unpaired) electrons. The number of rotatable bonds is 1. The summed E-state index contributed by atoms with van der Waals surface area (Å²) in [5.41, 5.74) is 3.21. The summed E-state index contributed by atoms with van der Waals surface area (Å²) in [5.74, 6) is 1.05. The van der Waals surface area contributed by atoms with E-state index in [0.717, 1.165) is 25.4 Å². The minimum Gasteiger partial charge on any atom is -0.496 e. The average Bonchev–Trinajstić information content (AvgIpc) is 2.90. The Labute approximate surface area is 109 Å². The topological polar surface area (TPSA) is 18.5 Å². The van der Waals surface area contributed by atoms with Gasteiger partial charge in [-0.3, -0.25) is 0 Å². The second-order valence-corrected chi connectivity index (χ2v) is 5.85. The molecule has 0 amide bonds. The van der Waals surface area contributed by atoms with Gasteiger partial charge in [-0.2, -0.15) is 0 Å². The summed E-state index contributed by atoms with van der Waals surface area (Å²) in [5, 5.41) is 0. The SMILES string of the molecule is COc1ccc(I)c2c1CCC21CCOC1. The molecule has 1 aliphatic heterocycles. The van der Waals surface area contributed by atoms with Gasteiger partial charge in [-0.15, -0.1) is 0 Å². The second-order valence-electron chi connectivity index (χ2n) is 4.69. The van der Waals surface area contributed by atoms with E-state index in [9.17, 15) is 0 Å². The molecule has 1 aromatic rings. The number of fused-ring (bicyclic) bond motifs is 2. The fraction of sp³-hybridized carbons (Fsp3) is 0.538. The highest BCUT2D eigenvalue weighted by Gasteiger charge is 2.44. The van der Waals surface area contributed by atoms with Crippen LogP contribution in [0.2, 0.25) is 0 Å². The first-order valence-electron chi connectivity index (χ1n) is 5.70. The van der Waals surface area contributed by atoms with Crippen LogP contribution in [0.4, 0.5) is 0 Å². The molecule has 1 atom stereocenters. The number of ether oxygens (including phenoxy) is 2. The lowest BCUT2D eigenvalue weighted by Crippen LogP contribution is -2.23. The Hall–Kier alpha value is -0.290. The zero-order valence-corrected chi connectivity index (χ0v) is 11.5. The maximum Gasteiger partial charge on any atom is 0.122 e. The Kier molecular flexibility index (Phi) is 2.63. The minimum atomic E-state index is 0.292. The smallest absolute Gasteiger partial charge is 0.122 e. The van der Waals surface area contributed by atoms with Crippen molar-refractivity contribution in [3.63, 3.8) is 0 Å². The quantitative estimate of drug-likeness (QED) is 0.737. The van der Waals surface area contributed by atoms with Gasteiger partial charge >= 0.3 is 0 Å². The van der Waals surface area contributed by atoms with Gasteiger partial charge in [0.1, 0.15) is 5.75 Å². The molecule has 3 heteroatoms. The van der Waals surface area contributed by atoms with Crippen molar-refractivity contribution in [3.8, 4) is 5.75 Å². The van der Waals surface area contributed by atoms with E-state index >= 15 is 0 Å². The van der Waals surface area contributed by atoms with E-state index in [2.05, 4.69) is 34.7 Å². The average molecular weight is 330 g/mol. The summed E-state index contributed by atoms with van der Waals surface area (Å²) in [6.07, 6.45) is 3.53. The lowest BCUT2D eigenvalue weighted by Gasteiger charge is -2.24. The van der Waals surface area contributed by atoms with E-state index in [4.69, 9.17) is 9.47 Å². The first-order valence-corrected chi connectivity index (χ1v) is 6.78. The van der Waals surface area contributed by atoms with Crippen LogP contribution in [-0.2, 0) is 16.6 Å². The van der Waals surface area contributed by atoms with Crippen LogP contribution in [0.25, 0.3) is 0 Å². The number of benzene rings is 1. The number of hydrogen-bond donors (Lipinski definition) is 0. The zero-order chi connectivity index (χ0) is 11.2. The van der Waals surface area contributed by atoms with Gasteiger partial charge in [-0.1, -0.05) is 0 Å². The highest BCUT2D eigenvalue weighted by Crippen LogP contribution is 2.49. The maximum absolute atomic E-state index is 5.62. The van der Waals surface area contributed by atoms with Gasteiger partial charge < -0.3 is 9.47 Å². The van der Waals surface area contributed by atoms with Crippen LogP contribution in [0.3, 0.4) is 0 Å². The van der Waals surface area contributed by atoms with E-state index in [1.54, 1.807) is 7.11 Å². The van der Waals surface area contributed by atoms with Gasteiger partial charge in [0.15, 0.2) is 0 Å². The Bertz CT molecular complexity index is 422. The Balaban J connectivity index is 2.17. The van der Waals surface area contributed by atoms with Gasteiger partial charge in [-0.25, -0.2) is 0 Å². The molecule has 16 heavy (non-hydrogen) atoms. The first-order chi connectivity index (χ1) is 7.77. The fourth-order valence-corrected chi connectivity index (χ4v) is 4.18. The third-order valence-electron chi connectivity index (χ3n) is 3.93. The lowest BCUT2D eigenvalue weighted by molar-refractivity contribution is 0.177. The summed E-state index contributed by atoms with van der Waals surface area (Å²) >= 11 is 2.45. The molecule has 0 aromatic heterocycles. The molecule has 3 rings (SSSR count). The normalized spacial score (nSPS) is 27.4. The Morgan fingerprint density at radius 1 is 1.38 bits per heavy atom. The highest BCUT2D eigenvalue weighted by molar-refractivity contribution is 14.1. The highest BCUT2D eigenvalue weighted by atomic mass is 127. The zero-order valence-electron chi connectivity index (χ0n) is 9.38. The second kappa shape index (κ2) is 3.88. The molecule has 1 aliphatic carbocycles. The van der Waals surface area contributed by atoms with Crippen LogP contribution in [-0.4, -0.2) is 20.3 Å². The molecule has 2 aliphatic rings. The largest absolute Gasteiger partial charge is 0.496 e. The monoisotopic (exact) mass is 330 g/mol. The van der Waals surface area contributed by atoms with E-state index in [-0.39, 0.29) is 0 Å². The molecule has 1 heterocycles. The lowest BCUT2D eigenvalue weighted by atomic mass is 9.81. The standard InChI is InChI=1S/C13H15IO2/c1-15-11-3-2-10(14)12-9(11)4-5-13(12)6-7-16-8-13/h2-3H,4-8H2,1H3. The van der Waals surface area contributed by atoms with E-state index < -0.39 is 0 Å². The molecule has 86 valence electrons. The summed E-state index contributed by atoms with van der Waals surface area (Å²) < 4.78 is 12.5. The van der Waals surface area contributed by atoms with Gasteiger partial charge in [0, 0.05) is 15.6 Å². The third-order valence-corrected chi connectivity index (χ3v) is 4.83. The fourth-order valence-electron chi connectivity index (χ4n) is 3.10. The predicted octanol–water partition coefficient (Wildman–Crippen LogP) is 2.90. The molecule has 1 unspecified atom stereocenters. The molecule has 1 spiro atoms. The van der Waals surface area contributed by atoms with Crippen LogP contribution in [0.5, 0.6) is 5.75 Å². The molecular weight excluding hydrogens is 315 g/mol. The van der Waals surface area contributed by atoms with Crippen molar-refractivity contribution < 1.29 is 9.47 Å². The molecule has 1 saturated heterocycles. The van der Waals surface area contributed by atoms with Gasteiger partial charge in [0.25, 0.3) is 0 Å². The van der Waals surface area contributed by atoms with Crippen LogP contribution in [0, 0.1) is 3.57 Å². The molecule has 0 bridgehead atoms. The van der Waals surface area contributed by atoms with Crippen molar-refractivity contribution >= 4 is 22.6 Å². The van der Waals surface area contributed by atoms with Crippen molar-refractivity contribution in [3.05, 3.63) is 26.8 Å². The summed E-state index contributed by atoms with van der Waals surface area (Å²) in [7, 11) is 1.76. The first kappa shape index (κ1) is 10.8. The van der Waals surface area contributed by atoms with Crippen LogP contribution in [0.1, 0.15) is 24.0 Å². The molecule has 1 aromatic carbocycles. The minimum absolute atomic E-state index is 0.292. The molecular formula is C13H15IO2. The van der Waals surface area contributed by atoms with Crippen molar-refractivity contribution in [2.45, 2.75) is 24.7 Å². The van der Waals surface area contributed by atoms with Crippen LogP contribution < -0.4 is 4.74 Å². The van der Waals surface area contributed by atoms with Crippen molar-refractivity contribution in [1.29, 1.82) is 0 Å². The summed E-state index contributed by atoms with van der Waals surface area (Å²) in [6, 6.07) is 4.26. The Morgan fingerprint density at radius 2 is 2.25 bits per heavy atom. The van der Waals surface area contributed by atoms with Crippen molar-refractivity contribution in [2.75, 3.05) is 20.3 Å². The van der Waals surface area contributed by atoms with Crippen molar-refractivity contribution in [1.82, 2.24) is 0 Å². The van der Waals surface area contributed by atoms with E-state index in [1.807, 2.05) is 0 Å². The van der Waals surface area contributed by atoms with Gasteiger partial charge in [-0.05, 0) is 65.1 Å². The van der Waals surface area contributed by atoms with Gasteiger partial charge in [0.05, 0.1) is 13.7 Å². The van der Waals surface area contributed by atoms with Crippen LogP contribution >= 0.6 is 22.6 Å². The maximum atomic E-state index is 5.62. The molecule has 1 fully saturated rings. The van der Waals surface area contributed by atoms with Gasteiger partial charge in [0.2, 0.25) is 0 Å². The predicted molar refractivity (Wildman–Crippen MR) is 71.1 cm³/mol. The van der Waals surface area contributed by atoms with Crippen LogP contribution in [0.15, 0.2) is 12.1 Å². The molecule has 0 N–H and O–H groups in total. The van der Waals surface area contributed by atoms with E-state index in [0.29, 0.717) is 5.41 Å². The number of methoxy groups -OCH3 is 1. The summed E-state index contributed by atoms with van der Waals surface area (Å²) in [6.45, 7) is 1.80. The molecule has 2 nitrogen and oxygen atoms in total.